The zero-order valence-electron chi connectivity index (χ0n) is 17.5. The Hall–Kier alpha value is -3.16. The maximum Gasteiger partial charge on any atom is 0.275 e. The Morgan fingerprint density at radius 1 is 1.23 bits per heavy atom. The molecule has 3 heterocycles. The normalized spacial score (nSPS) is 16.7. The van der Waals surface area contributed by atoms with Crippen LogP contribution in [0.15, 0.2) is 36.7 Å². The number of benzene rings is 1. The number of hydrogen-bond donors (Lipinski definition) is 1. The number of aryl methyl sites for hydroxylation is 1. The lowest BCUT2D eigenvalue weighted by atomic mass is 9.98. The highest BCUT2D eigenvalue weighted by Crippen LogP contribution is 2.24. The molecule has 1 fully saturated rings. The molecule has 1 atom stereocenters. The molecule has 1 aromatic carbocycles. The lowest BCUT2D eigenvalue weighted by molar-refractivity contribution is -0.134. The van der Waals surface area contributed by atoms with E-state index < -0.39 is 0 Å². The van der Waals surface area contributed by atoms with Crippen molar-refractivity contribution in [2.24, 2.45) is 0 Å². The largest absolute Gasteiger partial charge is 0.361 e. The van der Waals surface area contributed by atoms with Crippen LogP contribution >= 0.6 is 0 Å². The van der Waals surface area contributed by atoms with Gasteiger partial charge in [0.1, 0.15) is 0 Å². The lowest BCUT2D eigenvalue weighted by Gasteiger charge is -2.36. The van der Waals surface area contributed by atoms with Gasteiger partial charge in [-0.3, -0.25) is 14.3 Å². The first kappa shape index (κ1) is 20.1. The number of aromatic amines is 1. The molecule has 1 N–H and O–H groups in total. The number of rotatable bonds is 6. The van der Waals surface area contributed by atoms with E-state index >= 15 is 0 Å². The standard InChI is InChI=1S/C22H28N6O2/c1-26(2)22(30)20-15-27(25-24-20)12-10-17-7-5-6-11-28(17)21(29)13-16-14-23-19-9-4-3-8-18(16)19/h3-4,8-9,14-15,17,23H,5-7,10-13H2,1-2H3. The first-order valence-electron chi connectivity index (χ1n) is 10.5. The van der Waals surface area contributed by atoms with Crippen molar-refractivity contribution < 1.29 is 9.59 Å². The number of hydrogen-bond acceptors (Lipinski definition) is 4. The maximum atomic E-state index is 13.1. The Kier molecular flexibility index (Phi) is 5.83. The van der Waals surface area contributed by atoms with Crippen molar-refractivity contribution in [2.75, 3.05) is 20.6 Å². The van der Waals surface area contributed by atoms with Gasteiger partial charge in [0.2, 0.25) is 5.91 Å². The first-order chi connectivity index (χ1) is 14.5. The molecule has 0 aliphatic carbocycles. The van der Waals surface area contributed by atoms with Crippen molar-refractivity contribution in [3.05, 3.63) is 47.9 Å². The van der Waals surface area contributed by atoms with E-state index in [2.05, 4.69) is 21.4 Å². The molecule has 1 aliphatic heterocycles. The molecule has 3 aromatic rings. The van der Waals surface area contributed by atoms with Gasteiger partial charge in [-0.1, -0.05) is 23.4 Å². The van der Waals surface area contributed by atoms with Gasteiger partial charge in [0, 0.05) is 50.3 Å². The van der Waals surface area contributed by atoms with Gasteiger partial charge in [0.05, 0.1) is 12.6 Å². The van der Waals surface area contributed by atoms with Crippen molar-refractivity contribution in [1.82, 2.24) is 29.8 Å². The van der Waals surface area contributed by atoms with Crippen molar-refractivity contribution in [2.45, 2.75) is 44.7 Å². The van der Waals surface area contributed by atoms with E-state index in [1.807, 2.05) is 29.3 Å². The summed E-state index contributed by atoms with van der Waals surface area (Å²) in [7, 11) is 3.39. The van der Waals surface area contributed by atoms with Gasteiger partial charge < -0.3 is 14.8 Å². The van der Waals surface area contributed by atoms with E-state index in [-0.39, 0.29) is 17.9 Å². The predicted octanol–water partition coefficient (Wildman–Crippen LogP) is 2.48. The van der Waals surface area contributed by atoms with E-state index in [1.54, 1.807) is 25.0 Å². The fraction of sp³-hybridized carbons (Fsp3) is 0.455. The number of carbonyl (C=O) groups is 2. The van der Waals surface area contributed by atoms with Gasteiger partial charge in [0.25, 0.3) is 5.91 Å². The topological polar surface area (TPSA) is 87.1 Å². The number of para-hydroxylation sites is 1. The van der Waals surface area contributed by atoms with E-state index in [9.17, 15) is 9.59 Å². The Balaban J connectivity index is 1.40. The van der Waals surface area contributed by atoms with Crippen LogP contribution in [0.4, 0.5) is 0 Å². The molecule has 8 heteroatoms. The summed E-state index contributed by atoms with van der Waals surface area (Å²) in [5.74, 6) is 0.0148. The van der Waals surface area contributed by atoms with Crippen LogP contribution in [0.2, 0.25) is 0 Å². The summed E-state index contributed by atoms with van der Waals surface area (Å²) in [6, 6.07) is 8.27. The number of fused-ring (bicyclic) bond motifs is 1. The quantitative estimate of drug-likeness (QED) is 0.679. The highest BCUT2D eigenvalue weighted by atomic mass is 16.2. The van der Waals surface area contributed by atoms with Gasteiger partial charge in [-0.05, 0) is 37.3 Å². The van der Waals surface area contributed by atoms with Gasteiger partial charge >= 0.3 is 0 Å². The average molecular weight is 409 g/mol. The monoisotopic (exact) mass is 408 g/mol. The summed E-state index contributed by atoms with van der Waals surface area (Å²) in [6.45, 7) is 1.43. The fourth-order valence-corrected chi connectivity index (χ4v) is 4.19. The van der Waals surface area contributed by atoms with Gasteiger partial charge in [-0.15, -0.1) is 5.10 Å². The summed E-state index contributed by atoms with van der Waals surface area (Å²) in [5, 5.41) is 9.16. The zero-order chi connectivity index (χ0) is 21.1. The molecule has 1 unspecified atom stereocenters. The summed E-state index contributed by atoms with van der Waals surface area (Å²) >= 11 is 0. The minimum absolute atomic E-state index is 0.158. The number of amides is 2. The average Bonchev–Trinajstić information content (AvgIpc) is 3.39. The Bertz CT molecular complexity index is 1040. The van der Waals surface area contributed by atoms with Crippen LogP contribution in [-0.2, 0) is 17.8 Å². The zero-order valence-corrected chi connectivity index (χ0v) is 17.5. The van der Waals surface area contributed by atoms with E-state index in [0.717, 1.165) is 48.7 Å². The number of likely N-dealkylation sites (tertiary alicyclic amines) is 1. The predicted molar refractivity (Wildman–Crippen MR) is 114 cm³/mol. The molecule has 8 nitrogen and oxygen atoms in total. The van der Waals surface area contributed by atoms with E-state index in [1.165, 1.54) is 4.90 Å². The van der Waals surface area contributed by atoms with Crippen molar-refractivity contribution in [3.8, 4) is 0 Å². The SMILES string of the molecule is CN(C)C(=O)c1cn(CCC2CCCCN2C(=O)Cc2c[nH]c3ccccc23)nn1. The van der Waals surface area contributed by atoms with Gasteiger partial charge in [0.15, 0.2) is 5.69 Å². The lowest BCUT2D eigenvalue weighted by Crippen LogP contribution is -2.44. The first-order valence-corrected chi connectivity index (χ1v) is 10.5. The van der Waals surface area contributed by atoms with Gasteiger partial charge in [-0.2, -0.15) is 0 Å². The minimum Gasteiger partial charge on any atom is -0.361 e. The molecule has 0 bridgehead atoms. The van der Waals surface area contributed by atoms with Crippen LogP contribution in [0.25, 0.3) is 10.9 Å². The van der Waals surface area contributed by atoms with Crippen LogP contribution in [0.3, 0.4) is 0 Å². The second-order valence-corrected chi connectivity index (χ2v) is 8.13. The van der Waals surface area contributed by atoms with Crippen LogP contribution in [0.1, 0.15) is 41.7 Å². The van der Waals surface area contributed by atoms with E-state index in [4.69, 9.17) is 0 Å². The molecule has 4 rings (SSSR count). The molecule has 0 spiro atoms. The highest BCUT2D eigenvalue weighted by molar-refractivity contribution is 5.91. The molecule has 1 aliphatic rings. The third-order valence-corrected chi connectivity index (χ3v) is 5.82. The number of piperidine rings is 1. The van der Waals surface area contributed by atoms with E-state index in [0.29, 0.717) is 18.7 Å². The third kappa shape index (κ3) is 4.22. The second-order valence-electron chi connectivity index (χ2n) is 8.13. The maximum absolute atomic E-state index is 13.1. The number of nitrogens with zero attached hydrogens (tertiary/aromatic N) is 5. The minimum atomic E-state index is -0.158. The summed E-state index contributed by atoms with van der Waals surface area (Å²) in [5.41, 5.74) is 2.45. The molecule has 30 heavy (non-hydrogen) atoms. The number of H-pyrrole nitrogens is 1. The Morgan fingerprint density at radius 2 is 2.07 bits per heavy atom. The summed E-state index contributed by atoms with van der Waals surface area (Å²) in [4.78, 5) is 31.9. The van der Waals surface area contributed by atoms with Crippen LogP contribution in [0.5, 0.6) is 0 Å². The fourth-order valence-electron chi connectivity index (χ4n) is 4.19. The smallest absolute Gasteiger partial charge is 0.275 e. The molecule has 2 amide bonds. The Morgan fingerprint density at radius 3 is 2.90 bits per heavy atom. The number of nitrogens with one attached hydrogen (secondary N) is 1. The molecule has 158 valence electrons. The molecule has 1 saturated heterocycles. The van der Waals surface area contributed by atoms with Crippen molar-refractivity contribution in [1.29, 1.82) is 0 Å². The number of aromatic nitrogens is 4. The summed E-state index contributed by atoms with van der Waals surface area (Å²) in [6.07, 6.45) is 8.01. The molecular formula is C22H28N6O2. The summed E-state index contributed by atoms with van der Waals surface area (Å²) < 4.78 is 1.70. The third-order valence-electron chi connectivity index (χ3n) is 5.82. The molecule has 0 radical (unpaired) electrons. The molecule has 0 saturated carbocycles. The van der Waals surface area contributed by atoms with Gasteiger partial charge in [-0.25, -0.2) is 0 Å². The molecular weight excluding hydrogens is 380 g/mol. The van der Waals surface area contributed by atoms with Crippen LogP contribution in [-0.4, -0.2) is 68.3 Å². The highest BCUT2D eigenvalue weighted by Gasteiger charge is 2.27. The van der Waals surface area contributed by atoms with Crippen molar-refractivity contribution >= 4 is 22.7 Å². The number of carbonyl (C=O) groups excluding carboxylic acids is 2. The van der Waals surface area contributed by atoms with Crippen LogP contribution in [0, 0.1) is 0 Å². The van der Waals surface area contributed by atoms with Crippen molar-refractivity contribution in [3.63, 3.8) is 0 Å². The van der Waals surface area contributed by atoms with Crippen LogP contribution < -0.4 is 0 Å². The second kappa shape index (κ2) is 8.69. The Labute approximate surface area is 175 Å². The molecule has 2 aromatic heterocycles.